The molecule has 0 bridgehead atoms. The third-order valence-electron chi connectivity index (χ3n) is 3.98. The standard InChI is InChI=1S/C16H15N5O2/c22-15(23)7-14-19-20-16-12(6-10-3-4-10)18-13(9-21(14)16)11-2-1-5-17-8-11/h1-2,5,8-10H,3-4,6-7H2,(H,22,23). The molecule has 0 unspecified atom stereocenters. The Morgan fingerprint density at radius 3 is 2.91 bits per heavy atom. The van der Waals surface area contributed by atoms with Crippen LogP contribution >= 0.6 is 0 Å². The van der Waals surface area contributed by atoms with Crippen LogP contribution in [0.25, 0.3) is 16.9 Å². The Kier molecular flexibility index (Phi) is 3.25. The molecule has 0 amide bonds. The molecule has 3 heterocycles. The van der Waals surface area contributed by atoms with Crippen LogP contribution in [0.4, 0.5) is 0 Å². The fraction of sp³-hybridized carbons (Fsp3) is 0.312. The van der Waals surface area contributed by atoms with Gasteiger partial charge in [-0.3, -0.25) is 14.2 Å². The van der Waals surface area contributed by atoms with Crippen LogP contribution < -0.4 is 0 Å². The predicted octanol–water partition coefficient (Wildman–Crippen LogP) is 1.77. The largest absolute Gasteiger partial charge is 0.481 e. The van der Waals surface area contributed by atoms with Gasteiger partial charge in [0.1, 0.15) is 12.2 Å². The molecule has 0 atom stereocenters. The maximum atomic E-state index is 11.0. The highest BCUT2D eigenvalue weighted by Gasteiger charge is 2.25. The Morgan fingerprint density at radius 2 is 2.22 bits per heavy atom. The highest BCUT2D eigenvalue weighted by Crippen LogP contribution is 2.33. The molecule has 0 radical (unpaired) electrons. The van der Waals surface area contributed by atoms with Gasteiger partial charge in [0.25, 0.3) is 0 Å². The molecular weight excluding hydrogens is 294 g/mol. The van der Waals surface area contributed by atoms with Crippen molar-refractivity contribution in [3.8, 4) is 11.3 Å². The van der Waals surface area contributed by atoms with Gasteiger partial charge in [-0.1, -0.05) is 0 Å². The molecule has 116 valence electrons. The SMILES string of the molecule is O=C(O)Cc1nnc2c(CC3CC3)nc(-c3cccnc3)cn12. The lowest BCUT2D eigenvalue weighted by atomic mass is 10.2. The minimum atomic E-state index is -0.928. The van der Waals surface area contributed by atoms with Gasteiger partial charge in [0.15, 0.2) is 5.65 Å². The minimum Gasteiger partial charge on any atom is -0.481 e. The van der Waals surface area contributed by atoms with Crippen molar-refractivity contribution in [2.75, 3.05) is 0 Å². The van der Waals surface area contributed by atoms with Crippen molar-refractivity contribution in [1.29, 1.82) is 0 Å². The van der Waals surface area contributed by atoms with E-state index >= 15 is 0 Å². The summed E-state index contributed by atoms with van der Waals surface area (Å²) in [6.45, 7) is 0. The highest BCUT2D eigenvalue weighted by atomic mass is 16.4. The molecule has 1 aliphatic rings. The molecule has 1 N–H and O–H groups in total. The fourth-order valence-electron chi connectivity index (χ4n) is 2.64. The van der Waals surface area contributed by atoms with E-state index < -0.39 is 5.97 Å². The molecule has 1 aliphatic carbocycles. The number of pyridine rings is 1. The van der Waals surface area contributed by atoms with E-state index in [1.165, 1.54) is 12.8 Å². The zero-order valence-corrected chi connectivity index (χ0v) is 12.4. The van der Waals surface area contributed by atoms with Gasteiger partial charge in [-0.05, 0) is 37.3 Å². The van der Waals surface area contributed by atoms with Crippen LogP contribution in [0.15, 0.2) is 30.7 Å². The van der Waals surface area contributed by atoms with Crippen LogP contribution in [0.3, 0.4) is 0 Å². The number of hydrogen-bond acceptors (Lipinski definition) is 5. The summed E-state index contributed by atoms with van der Waals surface area (Å²) in [6.07, 6.45) is 8.35. The molecule has 0 spiro atoms. The highest BCUT2D eigenvalue weighted by molar-refractivity contribution is 5.69. The Balaban J connectivity index is 1.87. The number of nitrogens with zero attached hydrogens (tertiary/aromatic N) is 5. The second-order valence-corrected chi connectivity index (χ2v) is 5.84. The van der Waals surface area contributed by atoms with Gasteiger partial charge in [0, 0.05) is 24.2 Å². The maximum absolute atomic E-state index is 11.0. The normalized spacial score (nSPS) is 14.3. The lowest BCUT2D eigenvalue weighted by Gasteiger charge is -2.07. The predicted molar refractivity (Wildman–Crippen MR) is 81.8 cm³/mol. The first kappa shape index (κ1) is 13.8. The van der Waals surface area contributed by atoms with E-state index in [2.05, 4.69) is 15.2 Å². The third-order valence-corrected chi connectivity index (χ3v) is 3.98. The van der Waals surface area contributed by atoms with Crippen LogP contribution in [0.5, 0.6) is 0 Å². The Hall–Kier alpha value is -2.83. The molecule has 1 saturated carbocycles. The van der Waals surface area contributed by atoms with Gasteiger partial charge < -0.3 is 5.11 Å². The van der Waals surface area contributed by atoms with E-state index in [0.717, 1.165) is 23.4 Å². The van der Waals surface area contributed by atoms with E-state index in [-0.39, 0.29) is 6.42 Å². The van der Waals surface area contributed by atoms with Crippen molar-refractivity contribution in [2.45, 2.75) is 25.7 Å². The molecule has 3 aromatic heterocycles. The van der Waals surface area contributed by atoms with Crippen molar-refractivity contribution in [2.24, 2.45) is 5.92 Å². The molecule has 0 saturated heterocycles. The molecule has 23 heavy (non-hydrogen) atoms. The van der Waals surface area contributed by atoms with Crippen LogP contribution in [0.2, 0.25) is 0 Å². The molecule has 1 fully saturated rings. The van der Waals surface area contributed by atoms with Gasteiger partial charge in [0.05, 0.1) is 11.4 Å². The minimum absolute atomic E-state index is 0.166. The van der Waals surface area contributed by atoms with E-state index in [0.29, 0.717) is 17.4 Å². The van der Waals surface area contributed by atoms with Crippen molar-refractivity contribution < 1.29 is 9.90 Å². The summed E-state index contributed by atoms with van der Waals surface area (Å²) in [5.74, 6) is 0.134. The molecule has 0 aromatic carbocycles. The van der Waals surface area contributed by atoms with Gasteiger partial charge >= 0.3 is 5.97 Å². The van der Waals surface area contributed by atoms with Crippen LogP contribution in [0, 0.1) is 5.92 Å². The number of hydrogen-bond donors (Lipinski definition) is 1. The topological polar surface area (TPSA) is 93.3 Å². The Bertz CT molecular complexity index is 871. The average Bonchev–Trinajstić information content (AvgIpc) is 3.28. The van der Waals surface area contributed by atoms with Crippen molar-refractivity contribution in [1.82, 2.24) is 24.6 Å². The van der Waals surface area contributed by atoms with E-state index in [1.54, 1.807) is 23.0 Å². The van der Waals surface area contributed by atoms with Crippen molar-refractivity contribution in [3.05, 3.63) is 42.2 Å². The summed E-state index contributed by atoms with van der Waals surface area (Å²) in [5, 5.41) is 17.2. The monoisotopic (exact) mass is 309 g/mol. The number of aliphatic carboxylic acids is 1. The molecule has 7 nitrogen and oxygen atoms in total. The van der Waals surface area contributed by atoms with Gasteiger partial charge in [0.2, 0.25) is 0 Å². The summed E-state index contributed by atoms with van der Waals surface area (Å²) >= 11 is 0. The number of carboxylic acid groups (broad SMARTS) is 1. The summed E-state index contributed by atoms with van der Waals surface area (Å²) in [6, 6.07) is 3.79. The van der Waals surface area contributed by atoms with Crippen molar-refractivity contribution in [3.63, 3.8) is 0 Å². The summed E-state index contributed by atoms with van der Waals surface area (Å²) < 4.78 is 1.75. The van der Waals surface area contributed by atoms with Crippen LogP contribution in [-0.4, -0.2) is 35.6 Å². The summed E-state index contributed by atoms with van der Waals surface area (Å²) in [5.41, 5.74) is 3.17. The molecule has 7 heteroatoms. The maximum Gasteiger partial charge on any atom is 0.311 e. The van der Waals surface area contributed by atoms with Crippen molar-refractivity contribution >= 4 is 11.6 Å². The van der Waals surface area contributed by atoms with E-state index in [4.69, 9.17) is 10.1 Å². The zero-order valence-electron chi connectivity index (χ0n) is 12.4. The fourth-order valence-corrected chi connectivity index (χ4v) is 2.64. The summed E-state index contributed by atoms with van der Waals surface area (Å²) in [7, 11) is 0. The van der Waals surface area contributed by atoms with E-state index in [9.17, 15) is 4.79 Å². The van der Waals surface area contributed by atoms with E-state index in [1.807, 2.05) is 12.1 Å². The quantitative estimate of drug-likeness (QED) is 0.772. The van der Waals surface area contributed by atoms with Gasteiger partial charge in [-0.25, -0.2) is 4.98 Å². The first-order chi connectivity index (χ1) is 11.2. The molecule has 0 aliphatic heterocycles. The first-order valence-corrected chi connectivity index (χ1v) is 7.56. The average molecular weight is 309 g/mol. The molecular formula is C16H15N5O2. The van der Waals surface area contributed by atoms with Crippen LogP contribution in [-0.2, 0) is 17.6 Å². The third kappa shape index (κ3) is 2.77. The van der Waals surface area contributed by atoms with Gasteiger partial charge in [-0.15, -0.1) is 10.2 Å². The number of carboxylic acids is 1. The Labute approximate surface area is 132 Å². The summed E-state index contributed by atoms with van der Waals surface area (Å²) in [4.78, 5) is 19.9. The molecule has 3 aromatic rings. The van der Waals surface area contributed by atoms with Gasteiger partial charge in [-0.2, -0.15) is 0 Å². The van der Waals surface area contributed by atoms with Crippen LogP contribution in [0.1, 0.15) is 24.4 Å². The first-order valence-electron chi connectivity index (χ1n) is 7.56. The Morgan fingerprint density at radius 1 is 1.35 bits per heavy atom. The number of aromatic nitrogens is 5. The smallest absolute Gasteiger partial charge is 0.311 e. The number of carbonyl (C=O) groups is 1. The lowest BCUT2D eigenvalue weighted by Crippen LogP contribution is -2.07. The molecule has 4 rings (SSSR count). The number of fused-ring (bicyclic) bond motifs is 1. The lowest BCUT2D eigenvalue weighted by molar-refractivity contribution is -0.136. The second-order valence-electron chi connectivity index (χ2n) is 5.84. The zero-order chi connectivity index (χ0) is 15.8. The second kappa shape index (κ2) is 5.42. The number of rotatable bonds is 5.